The van der Waals surface area contributed by atoms with Crippen LogP contribution >= 0.6 is 0 Å². The number of benzene rings is 3. The maximum atomic E-state index is 14.3. The van der Waals surface area contributed by atoms with Crippen molar-refractivity contribution in [2.45, 2.75) is 12.5 Å². The first-order valence-corrected chi connectivity index (χ1v) is 13.0. The van der Waals surface area contributed by atoms with E-state index in [-0.39, 0.29) is 34.2 Å². The average molecular weight is 530 g/mol. The second-order valence-electron chi connectivity index (χ2n) is 8.61. The van der Waals surface area contributed by atoms with Gasteiger partial charge in [-0.2, -0.15) is 5.26 Å². The van der Waals surface area contributed by atoms with Gasteiger partial charge in [0.1, 0.15) is 22.3 Å². The number of carbonyl (C=O) groups excluding carboxylic acids is 1. The normalized spacial score (nSPS) is 17.6. The molecule has 192 valence electrons. The van der Waals surface area contributed by atoms with Crippen LogP contribution in [0.25, 0.3) is 5.76 Å². The van der Waals surface area contributed by atoms with Crippen molar-refractivity contribution in [1.82, 2.24) is 0 Å². The Labute approximate surface area is 220 Å². The molecule has 0 amide bonds. The van der Waals surface area contributed by atoms with Crippen LogP contribution in [0.4, 0.5) is 5.69 Å². The summed E-state index contributed by atoms with van der Waals surface area (Å²) in [5, 5.41) is 10.00. The molecule has 3 aromatic carbocycles. The zero-order valence-electron chi connectivity index (χ0n) is 20.5. The molecule has 0 saturated carbocycles. The highest BCUT2D eigenvalue weighted by molar-refractivity contribution is 7.96. The van der Waals surface area contributed by atoms with E-state index in [2.05, 4.69) is 0 Å². The number of anilines is 1. The number of fused-ring (bicyclic) bond motifs is 2. The van der Waals surface area contributed by atoms with E-state index in [1.165, 1.54) is 23.5 Å². The summed E-state index contributed by atoms with van der Waals surface area (Å²) in [7, 11) is -1.40. The number of hydrogen-bond donors (Lipinski definition) is 1. The third kappa shape index (κ3) is 4.03. The van der Waals surface area contributed by atoms with E-state index < -0.39 is 21.9 Å². The smallest absolute Gasteiger partial charge is 0.337 e. The first kappa shape index (κ1) is 24.9. The first-order valence-electron chi connectivity index (χ1n) is 11.5. The lowest BCUT2D eigenvalue weighted by atomic mass is 9.88. The van der Waals surface area contributed by atoms with Gasteiger partial charge in [-0.25, -0.2) is 13.2 Å². The molecule has 0 aliphatic carbocycles. The molecule has 0 unspecified atom stereocenters. The van der Waals surface area contributed by atoms with E-state index in [0.717, 1.165) is 5.56 Å². The molecule has 0 saturated heterocycles. The van der Waals surface area contributed by atoms with Crippen molar-refractivity contribution in [2.75, 3.05) is 18.5 Å². The maximum Gasteiger partial charge on any atom is 0.337 e. The van der Waals surface area contributed by atoms with E-state index in [1.807, 2.05) is 6.07 Å². The molecule has 0 aromatic heterocycles. The molecule has 1 atom stereocenters. The number of carbonyl (C=O) groups is 1. The Morgan fingerprint density at radius 3 is 2.37 bits per heavy atom. The third-order valence-electron chi connectivity index (χ3n) is 6.51. The summed E-state index contributed by atoms with van der Waals surface area (Å²) < 4.78 is 45.8. The van der Waals surface area contributed by atoms with E-state index in [0.29, 0.717) is 22.6 Å². The number of allylic oxidation sites excluding steroid dienone is 2. The summed E-state index contributed by atoms with van der Waals surface area (Å²) in [6.45, 7) is 0.0369. The lowest BCUT2D eigenvalue weighted by Crippen LogP contribution is -2.39. The number of para-hydroxylation sites is 1. The summed E-state index contributed by atoms with van der Waals surface area (Å²) in [4.78, 5) is 11.9. The average Bonchev–Trinajstić information content (AvgIpc) is 2.94. The Kier molecular flexibility index (Phi) is 6.30. The van der Waals surface area contributed by atoms with Crippen molar-refractivity contribution in [3.63, 3.8) is 0 Å². The number of ether oxygens (including phenoxy) is 3. The Morgan fingerprint density at radius 2 is 1.74 bits per heavy atom. The molecule has 0 fully saturated rings. The molecule has 0 bridgehead atoms. The zero-order valence-corrected chi connectivity index (χ0v) is 21.4. The van der Waals surface area contributed by atoms with Crippen molar-refractivity contribution in [2.24, 2.45) is 5.73 Å². The minimum absolute atomic E-state index is 0.0369. The molecule has 0 radical (unpaired) electrons. The molecule has 2 aliphatic heterocycles. The highest BCUT2D eigenvalue weighted by atomic mass is 32.2. The standard InChI is InChI=1S/C28H23N3O6S/c1-35-20-13-7-17(8-14-20)16-31-23-6-4-3-5-21(23)25-26(38(31,33)34)24(22(15-29)27(30)37-25)18-9-11-19(12-10-18)28(32)36-2/h3-14,24H,16,30H2,1-2H3/t24-/m1/s1. The monoisotopic (exact) mass is 529 g/mol. The second kappa shape index (κ2) is 9.61. The van der Waals surface area contributed by atoms with Gasteiger partial charge in [-0.15, -0.1) is 0 Å². The van der Waals surface area contributed by atoms with Crippen LogP contribution in [-0.4, -0.2) is 28.6 Å². The SMILES string of the molecule is COC(=O)c1ccc([C@@H]2C(C#N)=C(N)OC3=C2S(=O)(=O)N(Cc2ccc(OC)cc2)c2ccccc23)cc1. The molecule has 5 rings (SSSR count). The molecule has 38 heavy (non-hydrogen) atoms. The number of hydrogen-bond acceptors (Lipinski definition) is 8. The van der Waals surface area contributed by atoms with Gasteiger partial charge in [0, 0.05) is 5.56 Å². The highest BCUT2D eigenvalue weighted by Gasteiger charge is 2.47. The zero-order chi connectivity index (χ0) is 27.0. The summed E-state index contributed by atoms with van der Waals surface area (Å²) in [6.07, 6.45) is 0. The second-order valence-corrected chi connectivity index (χ2v) is 10.4. The fraction of sp³-hybridized carbons (Fsp3) is 0.143. The lowest BCUT2D eigenvalue weighted by Gasteiger charge is -2.38. The maximum absolute atomic E-state index is 14.3. The number of esters is 1. The lowest BCUT2D eigenvalue weighted by molar-refractivity contribution is 0.0600. The number of sulfonamides is 1. The van der Waals surface area contributed by atoms with E-state index >= 15 is 0 Å². The summed E-state index contributed by atoms with van der Waals surface area (Å²) in [6, 6.07) is 22.3. The molecule has 9 nitrogen and oxygen atoms in total. The van der Waals surface area contributed by atoms with E-state index in [4.69, 9.17) is 19.9 Å². The fourth-order valence-corrected chi connectivity index (χ4v) is 6.55. The van der Waals surface area contributed by atoms with Gasteiger partial charge in [-0.05, 0) is 47.5 Å². The molecule has 10 heteroatoms. The van der Waals surface area contributed by atoms with Crippen LogP contribution in [0.5, 0.6) is 5.75 Å². The van der Waals surface area contributed by atoms with Crippen molar-refractivity contribution in [3.8, 4) is 11.8 Å². The van der Waals surface area contributed by atoms with Crippen LogP contribution in [0.2, 0.25) is 0 Å². The molecule has 2 N–H and O–H groups in total. The fourth-order valence-electron chi connectivity index (χ4n) is 4.64. The summed E-state index contributed by atoms with van der Waals surface area (Å²) >= 11 is 0. The van der Waals surface area contributed by atoms with Crippen molar-refractivity contribution in [1.29, 1.82) is 5.26 Å². The van der Waals surface area contributed by atoms with Gasteiger partial charge in [0.15, 0.2) is 5.76 Å². The quantitative estimate of drug-likeness (QED) is 0.491. The van der Waals surface area contributed by atoms with Crippen molar-refractivity contribution in [3.05, 3.63) is 111 Å². The predicted molar refractivity (Wildman–Crippen MR) is 140 cm³/mol. The molecule has 0 spiro atoms. The van der Waals surface area contributed by atoms with Crippen LogP contribution in [0.15, 0.2) is 89.2 Å². The number of nitriles is 1. The van der Waals surface area contributed by atoms with Crippen LogP contribution in [0, 0.1) is 11.3 Å². The largest absolute Gasteiger partial charge is 0.497 e. The molecular weight excluding hydrogens is 506 g/mol. The van der Waals surface area contributed by atoms with Crippen molar-refractivity contribution < 1.29 is 27.4 Å². The van der Waals surface area contributed by atoms with Gasteiger partial charge in [0.25, 0.3) is 10.0 Å². The predicted octanol–water partition coefficient (Wildman–Crippen LogP) is 4.01. The highest BCUT2D eigenvalue weighted by Crippen LogP contribution is 2.51. The molecule has 2 aliphatic rings. The van der Waals surface area contributed by atoms with E-state index in [9.17, 15) is 18.5 Å². The number of methoxy groups -OCH3 is 2. The van der Waals surface area contributed by atoms with Gasteiger partial charge in [0.2, 0.25) is 5.88 Å². The third-order valence-corrected chi connectivity index (χ3v) is 8.39. The Hall–Kier alpha value is -4.75. The Morgan fingerprint density at radius 1 is 1.05 bits per heavy atom. The van der Waals surface area contributed by atoms with Gasteiger partial charge >= 0.3 is 5.97 Å². The van der Waals surface area contributed by atoms with Gasteiger partial charge in [-0.3, -0.25) is 4.31 Å². The topological polar surface area (TPSA) is 132 Å². The molecular formula is C28H23N3O6S. The van der Waals surface area contributed by atoms with Crippen LogP contribution in [0.3, 0.4) is 0 Å². The number of nitrogens with two attached hydrogens (primary N) is 1. The molecule has 3 aromatic rings. The Bertz CT molecular complexity index is 1640. The summed E-state index contributed by atoms with van der Waals surface area (Å²) in [5.74, 6) is -1.04. The van der Waals surface area contributed by atoms with Crippen LogP contribution < -0.4 is 14.8 Å². The van der Waals surface area contributed by atoms with Gasteiger partial charge in [-0.1, -0.05) is 36.4 Å². The molecule has 2 heterocycles. The van der Waals surface area contributed by atoms with Crippen LogP contribution in [-0.2, 0) is 26.0 Å². The minimum atomic E-state index is -4.22. The Balaban J connectivity index is 1.69. The van der Waals surface area contributed by atoms with Crippen molar-refractivity contribution >= 4 is 27.4 Å². The van der Waals surface area contributed by atoms with Gasteiger partial charge in [0.05, 0.1) is 37.9 Å². The van der Waals surface area contributed by atoms with Gasteiger partial charge < -0.3 is 19.9 Å². The number of nitrogens with zero attached hydrogens (tertiary/aromatic N) is 2. The first-order chi connectivity index (χ1) is 18.3. The van der Waals surface area contributed by atoms with E-state index in [1.54, 1.807) is 67.8 Å². The summed E-state index contributed by atoms with van der Waals surface area (Å²) in [5.41, 5.74) is 8.55. The minimum Gasteiger partial charge on any atom is -0.497 e. The van der Waals surface area contributed by atoms with Crippen LogP contribution in [0.1, 0.15) is 33.0 Å². The number of rotatable bonds is 5.